The molecule has 7 heteroatoms. The largest absolute Gasteiger partial charge is 0.445 e. The van der Waals surface area contributed by atoms with Crippen molar-refractivity contribution in [3.05, 3.63) is 71.8 Å². The predicted molar refractivity (Wildman–Crippen MR) is 95.1 cm³/mol. The number of ether oxygens (including phenoxy) is 1. The van der Waals surface area contributed by atoms with E-state index >= 15 is 0 Å². The molecule has 2 aromatic rings. The van der Waals surface area contributed by atoms with Crippen LogP contribution in [0.2, 0.25) is 0 Å². The van der Waals surface area contributed by atoms with Crippen LogP contribution in [-0.2, 0) is 31.6 Å². The molecule has 1 atom stereocenters. The first kappa shape index (κ1) is 19.2. The molecule has 1 unspecified atom stereocenters. The van der Waals surface area contributed by atoms with E-state index in [4.69, 9.17) is 13.8 Å². The lowest BCUT2D eigenvalue weighted by Crippen LogP contribution is -2.26. The number of rotatable bonds is 9. The molecule has 0 saturated heterocycles. The van der Waals surface area contributed by atoms with Crippen molar-refractivity contribution in [2.75, 3.05) is 12.9 Å². The van der Waals surface area contributed by atoms with Crippen LogP contribution in [0.15, 0.2) is 60.7 Å². The molecule has 0 heterocycles. The first-order valence-electron chi connectivity index (χ1n) is 7.98. The Hall–Kier alpha value is -2.14. The zero-order chi connectivity index (χ0) is 18.0. The normalized spacial score (nSPS) is 13.0. The van der Waals surface area contributed by atoms with Gasteiger partial charge in [0.05, 0.1) is 13.2 Å². The van der Waals surface area contributed by atoms with E-state index in [9.17, 15) is 9.36 Å². The maximum Gasteiger partial charge on any atom is 0.408 e. The fourth-order valence-electron chi connectivity index (χ4n) is 2.01. The lowest BCUT2D eigenvalue weighted by atomic mass is 10.2. The molecule has 0 bridgehead atoms. The SMILES string of the molecule is CCOP(=O)(CNC(=O)OCc1ccccc1)OCc1ccccc1. The van der Waals surface area contributed by atoms with E-state index in [0.717, 1.165) is 11.1 Å². The third kappa shape index (κ3) is 7.10. The number of alkyl carbamates (subject to hydrolysis) is 1. The smallest absolute Gasteiger partial charge is 0.408 e. The van der Waals surface area contributed by atoms with E-state index in [1.807, 2.05) is 60.7 Å². The van der Waals surface area contributed by atoms with Gasteiger partial charge in [-0.05, 0) is 18.1 Å². The Morgan fingerprint density at radius 1 is 0.920 bits per heavy atom. The quantitative estimate of drug-likeness (QED) is 0.672. The second kappa shape index (κ2) is 9.99. The molecule has 0 aromatic heterocycles. The van der Waals surface area contributed by atoms with Crippen LogP contribution in [0.1, 0.15) is 18.1 Å². The van der Waals surface area contributed by atoms with Gasteiger partial charge in [0, 0.05) is 0 Å². The molecule has 0 spiro atoms. The van der Waals surface area contributed by atoms with Crippen molar-refractivity contribution < 1.29 is 23.1 Å². The van der Waals surface area contributed by atoms with E-state index < -0.39 is 13.7 Å². The van der Waals surface area contributed by atoms with Crippen LogP contribution in [0.25, 0.3) is 0 Å². The molecule has 1 amide bonds. The van der Waals surface area contributed by atoms with Gasteiger partial charge in [0.25, 0.3) is 0 Å². The summed E-state index contributed by atoms with van der Waals surface area (Å²) in [5.41, 5.74) is 1.74. The minimum absolute atomic E-state index is 0.135. The number of hydrogen-bond donors (Lipinski definition) is 1. The van der Waals surface area contributed by atoms with E-state index in [-0.39, 0.29) is 26.1 Å². The first-order chi connectivity index (χ1) is 12.1. The van der Waals surface area contributed by atoms with Crippen molar-refractivity contribution in [3.63, 3.8) is 0 Å². The lowest BCUT2D eigenvalue weighted by molar-refractivity contribution is 0.138. The van der Waals surface area contributed by atoms with E-state index in [1.54, 1.807) is 6.92 Å². The average Bonchev–Trinajstić information content (AvgIpc) is 2.65. The second-order valence-electron chi connectivity index (χ2n) is 5.18. The molecule has 2 aromatic carbocycles. The highest BCUT2D eigenvalue weighted by Crippen LogP contribution is 2.47. The van der Waals surface area contributed by atoms with Crippen LogP contribution in [-0.4, -0.2) is 19.0 Å². The number of nitrogens with one attached hydrogen (secondary N) is 1. The van der Waals surface area contributed by atoms with Crippen LogP contribution < -0.4 is 5.32 Å². The van der Waals surface area contributed by atoms with Crippen LogP contribution >= 0.6 is 7.60 Å². The highest BCUT2D eigenvalue weighted by Gasteiger charge is 2.25. The molecule has 0 radical (unpaired) electrons. The van der Waals surface area contributed by atoms with Crippen LogP contribution in [0, 0.1) is 0 Å². The van der Waals surface area contributed by atoms with Crippen molar-refractivity contribution >= 4 is 13.7 Å². The Labute approximate surface area is 147 Å². The van der Waals surface area contributed by atoms with Crippen molar-refractivity contribution in [2.24, 2.45) is 0 Å². The maximum absolute atomic E-state index is 12.7. The Morgan fingerprint density at radius 2 is 1.48 bits per heavy atom. The summed E-state index contributed by atoms with van der Waals surface area (Å²) in [6.45, 7) is 2.20. The number of amides is 1. The summed E-state index contributed by atoms with van der Waals surface area (Å²) in [7, 11) is -3.45. The molecule has 0 saturated carbocycles. The van der Waals surface area contributed by atoms with Crippen molar-refractivity contribution in [2.45, 2.75) is 20.1 Å². The number of hydrogen-bond acceptors (Lipinski definition) is 5. The standard InChI is InChI=1S/C18H22NO5P/c1-2-23-25(21,24-14-17-11-7-4-8-12-17)15-19-18(20)22-13-16-9-5-3-6-10-16/h3-12H,2,13-15H2,1H3,(H,19,20). The third-order valence-electron chi connectivity index (χ3n) is 3.23. The predicted octanol–water partition coefficient (Wildman–Crippen LogP) is 4.32. The molecular weight excluding hydrogens is 341 g/mol. The number of benzene rings is 2. The van der Waals surface area contributed by atoms with Gasteiger partial charge in [-0.25, -0.2) is 4.79 Å². The van der Waals surface area contributed by atoms with Gasteiger partial charge in [-0.2, -0.15) is 0 Å². The summed E-state index contributed by atoms with van der Waals surface area (Å²) >= 11 is 0. The molecule has 1 N–H and O–H groups in total. The van der Waals surface area contributed by atoms with Gasteiger partial charge in [0.2, 0.25) is 0 Å². The lowest BCUT2D eigenvalue weighted by Gasteiger charge is -2.18. The van der Waals surface area contributed by atoms with Crippen molar-refractivity contribution in [1.29, 1.82) is 0 Å². The summed E-state index contributed by atoms with van der Waals surface area (Å²) in [6.07, 6.45) is -0.923. The van der Waals surface area contributed by atoms with E-state index in [0.29, 0.717) is 0 Å². The minimum atomic E-state index is -3.45. The van der Waals surface area contributed by atoms with Gasteiger partial charge in [-0.15, -0.1) is 0 Å². The van der Waals surface area contributed by atoms with Crippen LogP contribution in [0.3, 0.4) is 0 Å². The first-order valence-corrected chi connectivity index (χ1v) is 9.71. The topological polar surface area (TPSA) is 73.9 Å². The van der Waals surface area contributed by atoms with Crippen molar-refractivity contribution in [1.82, 2.24) is 5.32 Å². The molecule has 0 aliphatic heterocycles. The summed E-state index contributed by atoms with van der Waals surface area (Å²) in [5.74, 6) is 0. The summed E-state index contributed by atoms with van der Waals surface area (Å²) in [5, 5.41) is 2.44. The van der Waals surface area contributed by atoms with Crippen molar-refractivity contribution in [3.8, 4) is 0 Å². The second-order valence-corrected chi connectivity index (χ2v) is 7.24. The Kier molecular flexibility index (Phi) is 7.67. The maximum atomic E-state index is 12.7. The summed E-state index contributed by atoms with van der Waals surface area (Å²) < 4.78 is 28.4. The van der Waals surface area contributed by atoms with Gasteiger partial charge in [-0.1, -0.05) is 60.7 Å². The molecule has 6 nitrogen and oxygen atoms in total. The molecule has 2 rings (SSSR count). The third-order valence-corrected chi connectivity index (χ3v) is 4.95. The van der Waals surface area contributed by atoms with Gasteiger partial charge >= 0.3 is 13.7 Å². The van der Waals surface area contributed by atoms with Gasteiger partial charge < -0.3 is 19.1 Å². The molecule has 0 aliphatic carbocycles. The van der Waals surface area contributed by atoms with Crippen LogP contribution in [0.5, 0.6) is 0 Å². The van der Waals surface area contributed by atoms with E-state index in [2.05, 4.69) is 5.32 Å². The molecule has 134 valence electrons. The monoisotopic (exact) mass is 363 g/mol. The fourth-order valence-corrected chi connectivity index (χ4v) is 3.33. The summed E-state index contributed by atoms with van der Waals surface area (Å²) in [4.78, 5) is 11.8. The molecule has 25 heavy (non-hydrogen) atoms. The fraction of sp³-hybridized carbons (Fsp3) is 0.278. The Balaban J connectivity index is 1.81. The highest BCUT2D eigenvalue weighted by atomic mass is 31.2. The number of carbonyl (C=O) groups excluding carboxylic acids is 1. The minimum Gasteiger partial charge on any atom is -0.445 e. The van der Waals surface area contributed by atoms with Gasteiger partial charge in [0.1, 0.15) is 12.9 Å². The highest BCUT2D eigenvalue weighted by molar-refractivity contribution is 7.53. The molecule has 0 aliphatic rings. The zero-order valence-corrected chi connectivity index (χ0v) is 15.0. The molecular formula is C18H22NO5P. The summed E-state index contributed by atoms with van der Waals surface area (Å²) in [6, 6.07) is 18.6. The Bertz CT molecular complexity index is 693. The zero-order valence-electron chi connectivity index (χ0n) is 14.1. The number of carbonyl (C=O) groups is 1. The molecule has 0 fully saturated rings. The van der Waals surface area contributed by atoms with E-state index in [1.165, 1.54) is 0 Å². The Morgan fingerprint density at radius 3 is 2.04 bits per heavy atom. The van der Waals surface area contributed by atoms with Gasteiger partial charge in [-0.3, -0.25) is 4.57 Å². The average molecular weight is 363 g/mol. The van der Waals surface area contributed by atoms with Crippen LogP contribution in [0.4, 0.5) is 4.79 Å². The van der Waals surface area contributed by atoms with Gasteiger partial charge in [0.15, 0.2) is 0 Å².